The van der Waals surface area contributed by atoms with E-state index in [1.165, 1.54) is 12.1 Å². The summed E-state index contributed by atoms with van der Waals surface area (Å²) in [4.78, 5) is 7.10. The van der Waals surface area contributed by atoms with Crippen LogP contribution in [0, 0.1) is 5.41 Å². The number of fused-ring (bicyclic) bond motifs is 10. The van der Waals surface area contributed by atoms with E-state index in [-0.39, 0.29) is 17.6 Å². The summed E-state index contributed by atoms with van der Waals surface area (Å²) >= 11 is 0. The largest absolute Gasteiger partial charge is 0.457 e. The number of rotatable bonds is 6. The molecule has 1 aliphatic heterocycles. The zero-order chi connectivity index (χ0) is 62.3. The SMILES string of the molecule is [2H]C([2H])([2H])C(c1cc(-c2ccc(C([2H])([2H])C(C)(C)C)c3c4ccccc4c4ccccc4c4cccc5c4n(c23)CN5c2cccc(Oc3ccc4c5ccccc5n(-c5cc(C(C)(C)C)ccn5)c4c3)c2)cc(C(C)(C)C)c1)(C([2H])([2H])[2H])C([2H])([2H])[2H]. The zero-order valence-corrected chi connectivity index (χ0v) is 44.7. The molecule has 1 aliphatic rings. The molecule has 11 aromatic rings. The Morgan fingerprint density at radius 3 is 1.84 bits per heavy atom. The minimum atomic E-state index is -3.54. The van der Waals surface area contributed by atoms with Crippen LogP contribution in [0.2, 0.25) is 0 Å². The molecule has 5 heteroatoms. The molecule has 76 heavy (non-hydrogen) atoms. The molecule has 8 aromatic carbocycles. The van der Waals surface area contributed by atoms with Crippen LogP contribution < -0.4 is 9.64 Å². The predicted octanol–water partition coefficient (Wildman–Crippen LogP) is 19.8. The zero-order valence-electron chi connectivity index (χ0n) is 55.7. The molecule has 0 N–H and O–H groups in total. The van der Waals surface area contributed by atoms with Crippen LogP contribution in [-0.4, -0.2) is 14.1 Å². The van der Waals surface area contributed by atoms with Crippen LogP contribution in [0.15, 0.2) is 182 Å². The van der Waals surface area contributed by atoms with Crippen molar-refractivity contribution in [2.45, 2.75) is 112 Å². The van der Waals surface area contributed by atoms with Gasteiger partial charge in [0.05, 0.1) is 27.8 Å². The van der Waals surface area contributed by atoms with Crippen LogP contribution in [0.3, 0.4) is 0 Å². The molecule has 0 fully saturated rings. The van der Waals surface area contributed by atoms with Crippen molar-refractivity contribution < 1.29 is 19.8 Å². The van der Waals surface area contributed by atoms with Crippen LogP contribution in [0.4, 0.5) is 11.4 Å². The minimum absolute atomic E-state index is 0.100. The summed E-state index contributed by atoms with van der Waals surface area (Å²) in [5.74, 6) is 2.00. The Labute approximate surface area is 464 Å². The third kappa shape index (κ3) is 8.64. The van der Waals surface area contributed by atoms with Gasteiger partial charge in [-0.05, 0) is 126 Å². The number of aromatic nitrogens is 3. The summed E-state index contributed by atoms with van der Waals surface area (Å²) in [5, 5.41) is 7.04. The third-order valence-electron chi connectivity index (χ3n) is 14.9. The van der Waals surface area contributed by atoms with Crippen LogP contribution in [-0.2, 0) is 29.3 Å². The van der Waals surface area contributed by atoms with Crippen molar-refractivity contribution in [2.75, 3.05) is 4.90 Å². The molecule has 0 atom stereocenters. The van der Waals surface area contributed by atoms with Gasteiger partial charge in [-0.1, -0.05) is 198 Å². The summed E-state index contributed by atoms with van der Waals surface area (Å²) < 4.78 is 112. The fourth-order valence-corrected chi connectivity index (χ4v) is 11.3. The molecule has 5 nitrogen and oxygen atoms in total. The second-order valence-corrected chi connectivity index (χ2v) is 23.6. The van der Waals surface area contributed by atoms with Crippen molar-refractivity contribution in [1.82, 2.24) is 14.1 Å². The molecule has 4 heterocycles. The fraction of sp³-hybridized carbons (Fsp3) is 0.254. The molecule has 380 valence electrons. The Balaban J connectivity index is 1.15. The number of benzene rings is 8. The van der Waals surface area contributed by atoms with Crippen LogP contribution in [0.1, 0.15) is 120 Å². The van der Waals surface area contributed by atoms with Gasteiger partial charge in [0.25, 0.3) is 0 Å². The lowest BCUT2D eigenvalue weighted by Crippen LogP contribution is -2.17. The lowest BCUT2D eigenvalue weighted by Gasteiger charge is -2.27. The topological polar surface area (TPSA) is 35.2 Å². The quantitative estimate of drug-likeness (QED) is 0.166. The van der Waals surface area contributed by atoms with E-state index in [9.17, 15) is 2.74 Å². The predicted molar refractivity (Wildman–Crippen MR) is 324 cm³/mol. The van der Waals surface area contributed by atoms with Crippen molar-refractivity contribution in [1.29, 1.82) is 0 Å². The third-order valence-corrected chi connectivity index (χ3v) is 14.9. The molecule has 0 saturated carbocycles. The monoisotopic (exact) mass is 1010 g/mol. The van der Waals surface area contributed by atoms with Crippen LogP contribution in [0.5, 0.6) is 11.5 Å². The number of hydrogen-bond acceptors (Lipinski definition) is 3. The summed E-state index contributed by atoms with van der Waals surface area (Å²) in [6, 6.07) is 57.5. The number of anilines is 2. The maximum atomic E-state index is 10.2. The van der Waals surface area contributed by atoms with E-state index >= 15 is 0 Å². The van der Waals surface area contributed by atoms with E-state index in [0.717, 1.165) is 77.0 Å². The highest BCUT2D eigenvalue weighted by atomic mass is 16.5. The maximum absolute atomic E-state index is 10.2. The lowest BCUT2D eigenvalue weighted by molar-refractivity contribution is 0.412. The normalized spacial score (nSPS) is 16.1. The van der Waals surface area contributed by atoms with Gasteiger partial charge >= 0.3 is 0 Å². The molecule has 0 radical (unpaired) electrons. The first-order valence-corrected chi connectivity index (χ1v) is 26.2. The molecule has 0 bridgehead atoms. The molecule has 0 amide bonds. The molecule has 0 spiro atoms. The van der Waals surface area contributed by atoms with Gasteiger partial charge in [-0.2, -0.15) is 0 Å². The van der Waals surface area contributed by atoms with Crippen molar-refractivity contribution in [2.24, 2.45) is 5.41 Å². The molecule has 0 saturated heterocycles. The number of para-hydroxylation sites is 2. The second-order valence-electron chi connectivity index (χ2n) is 23.6. The van der Waals surface area contributed by atoms with Crippen molar-refractivity contribution in [3.63, 3.8) is 0 Å². The average molecular weight is 1010 g/mol. The van der Waals surface area contributed by atoms with Gasteiger partial charge in [-0.25, -0.2) is 4.98 Å². The standard InChI is InChI=1S/C71H70N4O/c1-68(2,3)43-45-31-33-53(46-37-48(70(7,8)9)39-49(38-46)71(10,11)12)67-65(45)59-27-16-15-24-55(59)54-23-13-14-25-56(54)60-28-20-30-62-66(60)74(67)44-73(62)50-21-19-22-51(41-50)76-52-32-34-58-57-26-17-18-29-61(57)75(63(58)42-52)64-40-47(35-36-72-64)69(4,5)6/h13-42H,43-44H2,1-12H3/i7D3,8D3,9D3,43D2. The van der Waals surface area contributed by atoms with E-state index < -0.39 is 43.2 Å². The average Bonchev–Trinajstić information content (AvgIpc) is 1.49. The highest BCUT2D eigenvalue weighted by Gasteiger charge is 2.29. The Hall–Kier alpha value is -7.89. The summed E-state index contributed by atoms with van der Waals surface area (Å²) in [6.45, 7) is 7.53. The Morgan fingerprint density at radius 1 is 0.513 bits per heavy atom. The van der Waals surface area contributed by atoms with E-state index in [0.29, 0.717) is 44.7 Å². The van der Waals surface area contributed by atoms with Gasteiger partial charge in [0.15, 0.2) is 0 Å². The highest BCUT2D eigenvalue weighted by Crippen LogP contribution is 2.47. The van der Waals surface area contributed by atoms with Crippen molar-refractivity contribution in [3.05, 3.63) is 204 Å². The molecule has 3 aromatic heterocycles. The summed E-state index contributed by atoms with van der Waals surface area (Å²) in [7, 11) is 0. The number of ether oxygens (including phenoxy) is 1. The smallest absolute Gasteiger partial charge is 0.137 e. The maximum Gasteiger partial charge on any atom is 0.137 e. The Kier molecular flexibility index (Phi) is 8.88. The highest BCUT2D eigenvalue weighted by molar-refractivity contribution is 6.23. The minimum Gasteiger partial charge on any atom is -0.457 e. The molecular weight excluding hydrogens is 925 g/mol. The molecular formula is C71H70N4O. The van der Waals surface area contributed by atoms with Crippen molar-refractivity contribution >= 4 is 76.5 Å². The van der Waals surface area contributed by atoms with E-state index in [1.54, 1.807) is 6.07 Å². The van der Waals surface area contributed by atoms with Crippen LogP contribution in [0.25, 0.3) is 82.1 Å². The van der Waals surface area contributed by atoms with Crippen molar-refractivity contribution in [3.8, 4) is 28.4 Å². The van der Waals surface area contributed by atoms with Crippen LogP contribution >= 0.6 is 0 Å². The van der Waals surface area contributed by atoms with Gasteiger partial charge in [0, 0.05) is 66.2 Å². The first-order chi connectivity index (χ1) is 40.7. The van der Waals surface area contributed by atoms with E-state index in [1.807, 2.05) is 139 Å². The van der Waals surface area contributed by atoms with Gasteiger partial charge in [0.1, 0.15) is 24.0 Å². The lowest BCUT2D eigenvalue weighted by atomic mass is 9.78. The molecule has 0 unspecified atom stereocenters. The number of pyridine rings is 1. The molecule has 0 aliphatic carbocycles. The van der Waals surface area contributed by atoms with Gasteiger partial charge in [-0.15, -0.1) is 0 Å². The van der Waals surface area contributed by atoms with Gasteiger partial charge < -0.3 is 14.2 Å². The first kappa shape index (κ1) is 37.8. The Bertz CT molecular complexity index is 4620. The second kappa shape index (κ2) is 17.9. The molecule has 12 rings (SSSR count). The Morgan fingerprint density at radius 2 is 1.13 bits per heavy atom. The first-order valence-electron chi connectivity index (χ1n) is 31.7. The van der Waals surface area contributed by atoms with E-state index in [2.05, 4.69) is 102 Å². The summed E-state index contributed by atoms with van der Waals surface area (Å²) in [6.07, 6.45) is -0.126. The number of nitrogens with zero attached hydrogens (tertiary/aromatic N) is 4. The fourth-order valence-electron chi connectivity index (χ4n) is 11.3. The summed E-state index contributed by atoms with van der Waals surface area (Å²) in [5.41, 5.74) is 2.42. The van der Waals surface area contributed by atoms with Gasteiger partial charge in [-0.3, -0.25) is 4.57 Å². The van der Waals surface area contributed by atoms with E-state index in [4.69, 9.17) is 22.1 Å². The van der Waals surface area contributed by atoms with Gasteiger partial charge in [0.2, 0.25) is 0 Å². The number of hydrogen-bond donors (Lipinski definition) is 0.